The number of nitrogens with zero attached hydrogens (tertiary/aromatic N) is 5. The van der Waals surface area contributed by atoms with Crippen LogP contribution in [-0.4, -0.2) is 32.6 Å². The molecule has 0 spiro atoms. The van der Waals surface area contributed by atoms with Gasteiger partial charge in [-0.3, -0.25) is 4.79 Å². The average Bonchev–Trinajstić information content (AvgIpc) is 3.18. The Bertz CT molecular complexity index is 711. The van der Waals surface area contributed by atoms with Gasteiger partial charge >= 0.3 is 0 Å². The molecule has 3 heterocycles. The van der Waals surface area contributed by atoms with E-state index in [0.717, 1.165) is 48.6 Å². The molecule has 4 rings (SSSR count). The van der Waals surface area contributed by atoms with Crippen LogP contribution >= 0.6 is 11.3 Å². The number of hydrogen-bond acceptors (Lipinski definition) is 6. The molecule has 1 aliphatic heterocycles. The summed E-state index contributed by atoms with van der Waals surface area (Å²) in [4.78, 5) is 14.6. The molecule has 1 unspecified atom stereocenters. The van der Waals surface area contributed by atoms with E-state index >= 15 is 0 Å². The zero-order valence-corrected chi connectivity index (χ0v) is 13.3. The van der Waals surface area contributed by atoms with E-state index in [-0.39, 0.29) is 5.56 Å². The highest BCUT2D eigenvalue weighted by Crippen LogP contribution is 2.27. The number of aryl methyl sites for hydroxylation is 2. The highest BCUT2D eigenvalue weighted by atomic mass is 32.1. The molecule has 0 radical (unpaired) electrons. The van der Waals surface area contributed by atoms with Crippen LogP contribution in [0.15, 0.2) is 16.4 Å². The fraction of sp³-hybridized carbons (Fsp3) is 0.600. The fourth-order valence-electron chi connectivity index (χ4n) is 3.50. The molecule has 0 amide bonds. The number of hydrogen-bond donors (Lipinski definition) is 0. The largest absolute Gasteiger partial charge is 0.342 e. The molecule has 0 saturated carbocycles. The maximum atomic E-state index is 12.3. The van der Waals surface area contributed by atoms with E-state index in [4.69, 9.17) is 0 Å². The van der Waals surface area contributed by atoms with Gasteiger partial charge in [-0.15, -0.1) is 10.2 Å². The third kappa shape index (κ3) is 2.54. The Kier molecular flexibility index (Phi) is 3.65. The van der Waals surface area contributed by atoms with Crippen LogP contribution in [0, 0.1) is 0 Å². The summed E-state index contributed by atoms with van der Waals surface area (Å²) < 4.78 is 1.66. The summed E-state index contributed by atoms with van der Waals surface area (Å²) in [5.74, 6) is 0. The van der Waals surface area contributed by atoms with Crippen molar-refractivity contribution in [2.75, 3.05) is 11.4 Å². The molecule has 116 valence electrons. The van der Waals surface area contributed by atoms with Crippen LogP contribution in [0.3, 0.4) is 0 Å². The van der Waals surface area contributed by atoms with Crippen molar-refractivity contribution in [2.24, 2.45) is 0 Å². The molecule has 1 atom stereocenters. The molecule has 22 heavy (non-hydrogen) atoms. The van der Waals surface area contributed by atoms with Crippen LogP contribution in [0.25, 0.3) is 0 Å². The predicted molar refractivity (Wildman–Crippen MR) is 85.4 cm³/mol. The summed E-state index contributed by atoms with van der Waals surface area (Å²) in [5, 5.41) is 13.7. The van der Waals surface area contributed by atoms with Gasteiger partial charge in [0.2, 0.25) is 5.13 Å². The minimum absolute atomic E-state index is 0.0322. The number of aromatic nitrogens is 4. The van der Waals surface area contributed by atoms with E-state index in [1.54, 1.807) is 27.6 Å². The Hall–Kier alpha value is -1.76. The van der Waals surface area contributed by atoms with Crippen LogP contribution in [0.4, 0.5) is 5.13 Å². The van der Waals surface area contributed by atoms with Crippen molar-refractivity contribution in [2.45, 2.75) is 51.1 Å². The normalized spacial score (nSPS) is 21.1. The lowest BCUT2D eigenvalue weighted by atomic mass is 9.97. The van der Waals surface area contributed by atoms with Gasteiger partial charge in [0.25, 0.3) is 5.56 Å². The van der Waals surface area contributed by atoms with Crippen LogP contribution in [0.5, 0.6) is 0 Å². The summed E-state index contributed by atoms with van der Waals surface area (Å²) in [6.07, 6.45) is 6.55. The standard InChI is InChI=1S/C15H19N5OS/c21-14-8-11-4-1-2-6-13(11)18-20(14)9-12-5-3-7-19(12)15-17-16-10-22-15/h8,10,12H,1-7,9H2. The molecule has 7 heteroatoms. The smallest absolute Gasteiger partial charge is 0.267 e. The number of rotatable bonds is 3. The Morgan fingerprint density at radius 2 is 2.18 bits per heavy atom. The van der Waals surface area contributed by atoms with Crippen LogP contribution < -0.4 is 10.5 Å². The fourth-order valence-corrected chi connectivity index (χ4v) is 4.16. The third-order valence-corrected chi connectivity index (χ3v) is 5.36. The summed E-state index contributed by atoms with van der Waals surface area (Å²) in [7, 11) is 0. The van der Waals surface area contributed by atoms with Crippen molar-refractivity contribution in [1.29, 1.82) is 0 Å². The molecule has 0 aromatic carbocycles. The Morgan fingerprint density at radius 1 is 1.27 bits per heavy atom. The second-order valence-corrected chi connectivity index (χ2v) is 6.87. The van der Waals surface area contributed by atoms with Gasteiger partial charge in [-0.05, 0) is 44.1 Å². The van der Waals surface area contributed by atoms with E-state index in [9.17, 15) is 4.79 Å². The third-order valence-electron chi connectivity index (χ3n) is 4.63. The van der Waals surface area contributed by atoms with E-state index in [1.807, 2.05) is 0 Å². The molecule has 0 bridgehead atoms. The average molecular weight is 317 g/mol. The summed E-state index contributed by atoms with van der Waals surface area (Å²) in [6.45, 7) is 1.63. The lowest BCUT2D eigenvalue weighted by Crippen LogP contribution is -2.37. The molecule has 2 aliphatic rings. The molecule has 1 saturated heterocycles. The molecule has 1 fully saturated rings. The van der Waals surface area contributed by atoms with Crippen LogP contribution in [-0.2, 0) is 19.4 Å². The monoisotopic (exact) mass is 317 g/mol. The van der Waals surface area contributed by atoms with Gasteiger partial charge in [0.05, 0.1) is 18.3 Å². The Morgan fingerprint density at radius 3 is 3.05 bits per heavy atom. The van der Waals surface area contributed by atoms with Crippen LogP contribution in [0.2, 0.25) is 0 Å². The zero-order valence-electron chi connectivity index (χ0n) is 12.4. The number of anilines is 1. The maximum Gasteiger partial charge on any atom is 0.267 e. The first-order valence-electron chi connectivity index (χ1n) is 7.94. The number of fused-ring (bicyclic) bond motifs is 1. The quantitative estimate of drug-likeness (QED) is 0.861. The van der Waals surface area contributed by atoms with Crippen molar-refractivity contribution in [3.05, 3.63) is 33.2 Å². The zero-order chi connectivity index (χ0) is 14.9. The van der Waals surface area contributed by atoms with Gasteiger partial charge in [-0.2, -0.15) is 5.10 Å². The lowest BCUT2D eigenvalue weighted by molar-refractivity contribution is 0.473. The van der Waals surface area contributed by atoms with Crippen LogP contribution in [0.1, 0.15) is 36.9 Å². The van der Waals surface area contributed by atoms with Gasteiger partial charge in [0.15, 0.2) is 0 Å². The maximum absolute atomic E-state index is 12.3. The van der Waals surface area contributed by atoms with Crippen molar-refractivity contribution < 1.29 is 0 Å². The van der Waals surface area contributed by atoms with Gasteiger partial charge in [-0.25, -0.2) is 4.68 Å². The Balaban J connectivity index is 1.59. The Labute approximate surface area is 132 Å². The van der Waals surface area contributed by atoms with E-state index in [0.29, 0.717) is 12.6 Å². The predicted octanol–water partition coefficient (Wildman–Crippen LogP) is 1.64. The van der Waals surface area contributed by atoms with Crippen molar-refractivity contribution in [3.8, 4) is 0 Å². The minimum Gasteiger partial charge on any atom is -0.342 e. The second kappa shape index (κ2) is 5.79. The first-order valence-corrected chi connectivity index (χ1v) is 8.82. The van der Waals surface area contributed by atoms with E-state index in [2.05, 4.69) is 20.2 Å². The van der Waals surface area contributed by atoms with Gasteiger partial charge in [0, 0.05) is 12.6 Å². The van der Waals surface area contributed by atoms with Crippen molar-refractivity contribution in [3.63, 3.8) is 0 Å². The lowest BCUT2D eigenvalue weighted by Gasteiger charge is -2.24. The van der Waals surface area contributed by atoms with Gasteiger partial charge < -0.3 is 4.90 Å². The summed E-state index contributed by atoms with van der Waals surface area (Å²) in [5.41, 5.74) is 4.06. The molecule has 2 aromatic rings. The van der Waals surface area contributed by atoms with Gasteiger partial charge in [-0.1, -0.05) is 11.3 Å². The van der Waals surface area contributed by atoms with E-state index in [1.165, 1.54) is 12.8 Å². The molecule has 6 nitrogen and oxygen atoms in total. The SMILES string of the molecule is O=c1cc2c(nn1CC1CCCN1c1nncs1)CCCC2. The minimum atomic E-state index is 0.0322. The second-order valence-electron chi connectivity index (χ2n) is 6.05. The first-order chi connectivity index (χ1) is 10.8. The van der Waals surface area contributed by atoms with Gasteiger partial charge in [0.1, 0.15) is 5.51 Å². The van der Waals surface area contributed by atoms with E-state index < -0.39 is 0 Å². The summed E-state index contributed by atoms with van der Waals surface area (Å²) >= 11 is 1.56. The molecule has 2 aromatic heterocycles. The first kappa shape index (κ1) is 13.9. The molecule has 0 N–H and O–H groups in total. The van der Waals surface area contributed by atoms with Crippen molar-refractivity contribution >= 4 is 16.5 Å². The van der Waals surface area contributed by atoms with Crippen molar-refractivity contribution in [1.82, 2.24) is 20.0 Å². The highest BCUT2D eigenvalue weighted by molar-refractivity contribution is 7.13. The highest BCUT2D eigenvalue weighted by Gasteiger charge is 2.28. The molecule has 1 aliphatic carbocycles. The molecular formula is C15H19N5OS. The molecular weight excluding hydrogens is 298 g/mol. The topological polar surface area (TPSA) is 63.9 Å². The summed E-state index contributed by atoms with van der Waals surface area (Å²) in [6, 6.07) is 2.09.